The van der Waals surface area contributed by atoms with Crippen LogP contribution in [0.25, 0.3) is 0 Å². The van der Waals surface area contributed by atoms with Gasteiger partial charge >= 0.3 is 5.69 Å². The van der Waals surface area contributed by atoms with Crippen molar-refractivity contribution in [2.45, 2.75) is 69.2 Å². The molecule has 1 N–H and O–H groups in total. The van der Waals surface area contributed by atoms with Crippen molar-refractivity contribution in [2.24, 2.45) is 0 Å². The van der Waals surface area contributed by atoms with Crippen LogP contribution in [0.3, 0.4) is 0 Å². The molecule has 1 heterocycles. The minimum absolute atomic E-state index is 0.0370. The van der Waals surface area contributed by atoms with Crippen LogP contribution in [0.5, 0.6) is 0 Å². The van der Waals surface area contributed by atoms with E-state index in [0.717, 1.165) is 5.56 Å². The van der Waals surface area contributed by atoms with Gasteiger partial charge in [0.25, 0.3) is 0 Å². The van der Waals surface area contributed by atoms with Crippen molar-refractivity contribution < 1.29 is 13.3 Å². The van der Waals surface area contributed by atoms with Gasteiger partial charge in [-0.15, -0.1) is 0 Å². The predicted octanol–water partition coefficient (Wildman–Crippen LogP) is 5.13. The first-order chi connectivity index (χ1) is 12.0. The van der Waals surface area contributed by atoms with E-state index < -0.39 is 20.4 Å². The zero-order chi connectivity index (χ0) is 19.8. The summed E-state index contributed by atoms with van der Waals surface area (Å²) in [5.74, 6) is 0.177. The Balaban J connectivity index is 2.90. The minimum Gasteiger partial charge on any atom is -0.346 e. The Bertz CT molecular complexity index is 896. The Morgan fingerprint density at radius 2 is 1.46 bits per heavy atom. The molecule has 7 heteroatoms. The summed E-state index contributed by atoms with van der Waals surface area (Å²) in [6.07, 6.45) is 1.29. The van der Waals surface area contributed by atoms with E-state index in [0.29, 0.717) is 11.1 Å². The molecule has 2 aromatic rings. The Kier molecular flexibility index (Phi) is 5.61. The lowest BCUT2D eigenvalue weighted by Crippen LogP contribution is -2.14. The van der Waals surface area contributed by atoms with Gasteiger partial charge in [0.2, 0.25) is 14.9 Å². The van der Waals surface area contributed by atoms with E-state index >= 15 is 0 Å². The van der Waals surface area contributed by atoms with Gasteiger partial charge in [0.1, 0.15) is 0 Å². The summed E-state index contributed by atoms with van der Waals surface area (Å²) in [5.41, 5.74) is 2.03. The van der Waals surface area contributed by atoms with Crippen LogP contribution in [-0.4, -0.2) is 18.3 Å². The maximum absolute atomic E-state index is 13.4. The van der Waals surface area contributed by atoms with Crippen LogP contribution in [0.2, 0.25) is 0 Å². The summed E-state index contributed by atoms with van der Waals surface area (Å²) >= 11 is 0. The molecular formula is C19H26N2O4S. The van der Waals surface area contributed by atoms with Crippen LogP contribution in [0.15, 0.2) is 34.3 Å². The summed E-state index contributed by atoms with van der Waals surface area (Å²) in [7, 11) is -4.06. The summed E-state index contributed by atoms with van der Waals surface area (Å²) in [6, 6.07) is 5.02. The number of hydrogen-bond donors (Lipinski definition) is 1. The van der Waals surface area contributed by atoms with Crippen molar-refractivity contribution in [3.05, 3.63) is 51.2 Å². The molecule has 142 valence electrons. The van der Waals surface area contributed by atoms with Crippen LogP contribution >= 0.6 is 0 Å². The van der Waals surface area contributed by atoms with Gasteiger partial charge in [0.15, 0.2) is 0 Å². The predicted molar refractivity (Wildman–Crippen MR) is 102 cm³/mol. The molecule has 0 spiro atoms. The third-order valence-corrected chi connectivity index (χ3v) is 6.38. The van der Waals surface area contributed by atoms with Crippen molar-refractivity contribution >= 4 is 15.5 Å². The smallest absolute Gasteiger partial charge is 0.306 e. The quantitative estimate of drug-likeness (QED) is 0.557. The van der Waals surface area contributed by atoms with E-state index in [2.05, 4.69) is 18.8 Å². The number of H-pyrrole nitrogens is 1. The lowest BCUT2D eigenvalue weighted by atomic mass is 9.89. The number of rotatable bonds is 6. The van der Waals surface area contributed by atoms with Crippen molar-refractivity contribution in [1.29, 1.82) is 0 Å². The van der Waals surface area contributed by atoms with Crippen LogP contribution < -0.4 is 0 Å². The first kappa shape index (κ1) is 20.2. The molecular weight excluding hydrogens is 352 g/mol. The molecule has 1 aromatic carbocycles. The number of benzene rings is 1. The molecule has 0 atom stereocenters. The second-order valence-electron chi connectivity index (χ2n) is 7.45. The molecule has 1 aromatic heterocycles. The number of sulfone groups is 1. The van der Waals surface area contributed by atoms with Crippen molar-refractivity contribution in [3.8, 4) is 0 Å². The molecule has 0 saturated heterocycles. The third kappa shape index (κ3) is 3.53. The highest BCUT2D eigenvalue weighted by Crippen LogP contribution is 2.39. The van der Waals surface area contributed by atoms with Gasteiger partial charge in [-0.3, -0.25) is 10.1 Å². The van der Waals surface area contributed by atoms with Gasteiger partial charge in [-0.1, -0.05) is 53.7 Å². The molecule has 0 amide bonds. The standard InChI is InChI=1S/C19H26N2O4S/c1-11(2)14-9-15(12(3)4)18(16(10-14)13(5)6)26(24,25)19-17(21(22)23)7-8-20-19/h7-13,20H,1-6H3. The van der Waals surface area contributed by atoms with E-state index in [9.17, 15) is 18.5 Å². The molecule has 0 fully saturated rings. The normalized spacial score (nSPS) is 12.3. The second kappa shape index (κ2) is 7.23. The minimum atomic E-state index is -4.06. The Morgan fingerprint density at radius 3 is 1.85 bits per heavy atom. The van der Waals surface area contributed by atoms with Gasteiger partial charge in [-0.25, -0.2) is 8.42 Å². The van der Waals surface area contributed by atoms with Crippen molar-refractivity contribution in [1.82, 2.24) is 4.98 Å². The molecule has 0 radical (unpaired) electrons. The number of aromatic nitrogens is 1. The fraction of sp³-hybridized carbons (Fsp3) is 0.474. The monoisotopic (exact) mass is 378 g/mol. The van der Waals surface area contributed by atoms with Crippen LogP contribution in [0.4, 0.5) is 5.69 Å². The van der Waals surface area contributed by atoms with Gasteiger partial charge in [-0.05, 0) is 34.4 Å². The highest BCUT2D eigenvalue weighted by molar-refractivity contribution is 7.91. The van der Waals surface area contributed by atoms with Crippen molar-refractivity contribution in [2.75, 3.05) is 0 Å². The van der Waals surface area contributed by atoms with E-state index in [1.807, 2.05) is 39.8 Å². The van der Waals surface area contributed by atoms with Crippen LogP contribution in [0, 0.1) is 10.1 Å². The average molecular weight is 378 g/mol. The Hall–Kier alpha value is -2.15. The summed E-state index contributed by atoms with van der Waals surface area (Å²) < 4.78 is 26.8. The van der Waals surface area contributed by atoms with E-state index in [1.54, 1.807) is 0 Å². The second-order valence-corrected chi connectivity index (χ2v) is 9.27. The SMILES string of the molecule is CC(C)c1cc(C(C)C)c(S(=O)(=O)c2[nH]ccc2[N+](=O)[O-])c(C(C)C)c1. The zero-order valence-corrected chi connectivity index (χ0v) is 16.8. The summed E-state index contributed by atoms with van der Waals surface area (Å²) in [5, 5.41) is 10.9. The molecule has 0 aliphatic heterocycles. The highest BCUT2D eigenvalue weighted by Gasteiger charge is 2.34. The lowest BCUT2D eigenvalue weighted by molar-refractivity contribution is -0.387. The number of hydrogen-bond acceptors (Lipinski definition) is 4. The largest absolute Gasteiger partial charge is 0.346 e. The fourth-order valence-corrected chi connectivity index (χ4v) is 5.06. The van der Waals surface area contributed by atoms with Crippen molar-refractivity contribution in [3.63, 3.8) is 0 Å². The van der Waals surface area contributed by atoms with Gasteiger partial charge in [0.05, 0.1) is 9.82 Å². The van der Waals surface area contributed by atoms with E-state index in [-0.39, 0.29) is 27.7 Å². The molecule has 2 rings (SSSR count). The number of nitro groups is 1. The summed E-state index contributed by atoms with van der Waals surface area (Å²) in [6.45, 7) is 11.9. The van der Waals surface area contributed by atoms with E-state index in [4.69, 9.17) is 0 Å². The Labute approximate surface area is 154 Å². The fourth-order valence-electron chi connectivity index (χ4n) is 3.01. The lowest BCUT2D eigenvalue weighted by Gasteiger charge is -2.22. The zero-order valence-electron chi connectivity index (χ0n) is 16.0. The molecule has 0 unspecified atom stereocenters. The van der Waals surface area contributed by atoms with Crippen LogP contribution in [-0.2, 0) is 9.84 Å². The third-order valence-electron chi connectivity index (χ3n) is 4.50. The van der Waals surface area contributed by atoms with E-state index in [1.165, 1.54) is 12.3 Å². The molecule has 0 bridgehead atoms. The first-order valence-electron chi connectivity index (χ1n) is 8.73. The van der Waals surface area contributed by atoms with Crippen LogP contribution in [0.1, 0.15) is 76.0 Å². The van der Waals surface area contributed by atoms with Gasteiger partial charge < -0.3 is 4.98 Å². The average Bonchev–Trinajstić information content (AvgIpc) is 3.03. The summed E-state index contributed by atoms with van der Waals surface area (Å²) in [4.78, 5) is 13.4. The topological polar surface area (TPSA) is 93.1 Å². The molecule has 0 aliphatic rings. The number of nitrogens with one attached hydrogen (secondary N) is 1. The maximum Gasteiger partial charge on any atom is 0.306 e. The molecule has 0 aliphatic carbocycles. The maximum atomic E-state index is 13.4. The number of nitrogens with zero attached hydrogens (tertiary/aromatic N) is 1. The highest BCUT2D eigenvalue weighted by atomic mass is 32.2. The molecule has 26 heavy (non-hydrogen) atoms. The first-order valence-corrected chi connectivity index (χ1v) is 10.2. The number of aromatic amines is 1. The molecule has 0 saturated carbocycles. The van der Waals surface area contributed by atoms with Gasteiger partial charge in [-0.2, -0.15) is 0 Å². The Morgan fingerprint density at radius 1 is 0.962 bits per heavy atom. The molecule has 6 nitrogen and oxygen atoms in total. The van der Waals surface area contributed by atoms with Gasteiger partial charge in [0, 0.05) is 12.3 Å².